The predicted octanol–water partition coefficient (Wildman–Crippen LogP) is 2.10. The van der Waals surface area contributed by atoms with Crippen molar-refractivity contribution in [3.8, 4) is 17.2 Å². The van der Waals surface area contributed by atoms with Crippen LogP contribution in [0, 0.1) is 0 Å². The topological polar surface area (TPSA) is 86.7 Å². The van der Waals surface area contributed by atoms with E-state index in [-0.39, 0.29) is 62.0 Å². The molecule has 0 aromatic heterocycles. The van der Waals surface area contributed by atoms with Gasteiger partial charge in [-0.15, -0.1) is 5.75 Å². The summed E-state index contributed by atoms with van der Waals surface area (Å²) >= 11 is 0. The molecule has 0 heterocycles. The molecule has 0 fully saturated rings. The first-order valence-electron chi connectivity index (χ1n) is 9.45. The van der Waals surface area contributed by atoms with Crippen molar-refractivity contribution in [2.75, 3.05) is 0 Å². The summed E-state index contributed by atoms with van der Waals surface area (Å²) in [4.78, 5) is -0.198. The van der Waals surface area contributed by atoms with E-state index in [2.05, 4.69) is 6.92 Å². The van der Waals surface area contributed by atoms with Gasteiger partial charge in [0.15, 0.2) is 0 Å². The summed E-state index contributed by atoms with van der Waals surface area (Å²) < 4.78 is 37.0. The van der Waals surface area contributed by atoms with Gasteiger partial charge >= 0.3 is 51.4 Å². The number of hydrogen-bond donors (Lipinski definition) is 1. The second-order valence-corrected chi connectivity index (χ2v) is 8.11. The van der Waals surface area contributed by atoms with Crippen molar-refractivity contribution in [2.45, 2.75) is 63.2 Å². The van der Waals surface area contributed by atoms with Gasteiger partial charge in [-0.2, -0.15) is 8.42 Å². The quantitative estimate of drug-likeness (QED) is 0.335. The minimum Gasteiger partial charge on any atom is -0.872 e. The van der Waals surface area contributed by atoms with E-state index in [4.69, 9.17) is 9.29 Å². The number of unbranched alkanes of at least 4 members (excludes halogenated alkanes) is 6. The summed E-state index contributed by atoms with van der Waals surface area (Å²) in [5.74, 6) is 0.768. The number of rotatable bonds is 11. The molecule has 0 radical (unpaired) electrons. The molecule has 0 bridgehead atoms. The molecule has 1 N–H and O–H groups in total. The summed E-state index contributed by atoms with van der Waals surface area (Å²) in [6.45, 7) is 2.21. The zero-order chi connectivity index (χ0) is 19.7. The van der Waals surface area contributed by atoms with Gasteiger partial charge < -0.3 is 9.84 Å². The first-order chi connectivity index (χ1) is 12.9. The molecule has 0 aliphatic heterocycles. The normalized spacial score (nSPS) is 11.1. The van der Waals surface area contributed by atoms with Gasteiger partial charge in [-0.1, -0.05) is 57.6 Å². The van der Waals surface area contributed by atoms with Gasteiger partial charge in [-0.05, 0) is 48.7 Å². The molecular weight excluding hydrogens is 403 g/mol. The standard InChI is InChI=1S/C21H28O5S.K/c1-2-3-4-5-6-7-8-9-17-10-11-18(22)16-21(17)26-19-12-14-20(15-13-19)27(23,24)25;/h10-16,22H,2-9H2,1H3,(H,23,24,25);/q;+1/p-1. The van der Waals surface area contributed by atoms with E-state index in [0.717, 1.165) is 24.8 Å². The van der Waals surface area contributed by atoms with E-state index in [1.807, 2.05) is 0 Å². The van der Waals surface area contributed by atoms with Gasteiger partial charge in [0.25, 0.3) is 10.1 Å². The zero-order valence-electron chi connectivity index (χ0n) is 16.7. The monoisotopic (exact) mass is 430 g/mol. The molecule has 0 saturated heterocycles. The molecule has 7 heteroatoms. The Morgan fingerprint density at radius 1 is 0.929 bits per heavy atom. The van der Waals surface area contributed by atoms with E-state index in [0.29, 0.717) is 11.5 Å². The molecule has 0 saturated carbocycles. The second-order valence-electron chi connectivity index (χ2n) is 6.69. The van der Waals surface area contributed by atoms with Crippen LogP contribution in [0.4, 0.5) is 0 Å². The molecule has 2 aromatic rings. The van der Waals surface area contributed by atoms with Crippen molar-refractivity contribution in [3.05, 3.63) is 48.0 Å². The van der Waals surface area contributed by atoms with Crippen molar-refractivity contribution in [2.24, 2.45) is 0 Å². The molecule has 148 valence electrons. The molecule has 0 atom stereocenters. The minimum absolute atomic E-state index is 0. The zero-order valence-corrected chi connectivity index (χ0v) is 20.6. The molecule has 2 rings (SSSR count). The second kappa shape index (κ2) is 13.0. The van der Waals surface area contributed by atoms with Crippen molar-refractivity contribution in [1.29, 1.82) is 0 Å². The maximum absolute atomic E-state index is 11.7. The van der Waals surface area contributed by atoms with Crippen LogP contribution in [0.2, 0.25) is 0 Å². The number of aryl methyl sites for hydroxylation is 1. The molecule has 28 heavy (non-hydrogen) atoms. The third-order valence-corrected chi connectivity index (χ3v) is 5.31. The smallest absolute Gasteiger partial charge is 0.872 e. The molecule has 5 nitrogen and oxygen atoms in total. The fraction of sp³-hybridized carbons (Fsp3) is 0.429. The van der Waals surface area contributed by atoms with Crippen LogP contribution in [0.1, 0.15) is 57.4 Å². The first kappa shape index (κ1) is 25.6. The molecule has 0 spiro atoms. The van der Waals surface area contributed by atoms with Crippen LogP contribution < -0.4 is 61.2 Å². The van der Waals surface area contributed by atoms with Crippen molar-refractivity contribution < 1.29 is 74.2 Å². The van der Waals surface area contributed by atoms with Gasteiger partial charge in [-0.3, -0.25) is 4.55 Å². The van der Waals surface area contributed by atoms with Gasteiger partial charge in [0, 0.05) is 0 Å². The molecule has 2 aromatic carbocycles. The van der Waals surface area contributed by atoms with Crippen LogP contribution in [0.25, 0.3) is 0 Å². The maximum atomic E-state index is 11.7. The Hall–Kier alpha value is -0.414. The number of benzene rings is 2. The summed E-state index contributed by atoms with van der Waals surface area (Å²) in [6.07, 6.45) is 9.30. The SMILES string of the molecule is CCCCCCCCCc1ccc([O-])cc1Oc1ccc(S(=O)(=O)O)cc1.[K+]. The molecule has 0 aliphatic rings. The van der Waals surface area contributed by atoms with Crippen LogP contribution in [0.15, 0.2) is 47.4 Å². The minimum atomic E-state index is -4.24. The first-order valence-corrected chi connectivity index (χ1v) is 10.9. The van der Waals surface area contributed by atoms with Crippen LogP contribution in [-0.4, -0.2) is 13.0 Å². The van der Waals surface area contributed by atoms with Gasteiger partial charge in [-0.25, -0.2) is 0 Å². The van der Waals surface area contributed by atoms with Crippen LogP contribution in [0.3, 0.4) is 0 Å². The Bertz CT molecular complexity index is 819. The van der Waals surface area contributed by atoms with Crippen LogP contribution >= 0.6 is 0 Å². The van der Waals surface area contributed by atoms with E-state index in [9.17, 15) is 13.5 Å². The Kier molecular flexibility index (Phi) is 11.9. The van der Waals surface area contributed by atoms with Crippen LogP contribution in [0.5, 0.6) is 17.2 Å². The van der Waals surface area contributed by atoms with Crippen molar-refractivity contribution >= 4 is 10.1 Å². The van der Waals surface area contributed by atoms with E-state index in [1.54, 1.807) is 6.07 Å². The fourth-order valence-corrected chi connectivity index (χ4v) is 3.40. The molecule has 0 aliphatic carbocycles. The predicted molar refractivity (Wildman–Crippen MR) is 104 cm³/mol. The molecule has 0 amide bonds. The van der Waals surface area contributed by atoms with E-state index < -0.39 is 10.1 Å². The Morgan fingerprint density at radius 3 is 2.14 bits per heavy atom. The molecule has 0 unspecified atom stereocenters. The summed E-state index contributed by atoms with van der Waals surface area (Å²) in [5.41, 5.74) is 0.960. The fourth-order valence-electron chi connectivity index (χ4n) is 2.92. The number of ether oxygens (including phenoxy) is 1. The van der Waals surface area contributed by atoms with Crippen molar-refractivity contribution in [1.82, 2.24) is 0 Å². The van der Waals surface area contributed by atoms with E-state index in [1.165, 1.54) is 68.5 Å². The van der Waals surface area contributed by atoms with Crippen LogP contribution in [-0.2, 0) is 16.5 Å². The van der Waals surface area contributed by atoms with Gasteiger partial charge in [0.2, 0.25) is 0 Å². The van der Waals surface area contributed by atoms with Gasteiger partial charge in [0.05, 0.1) is 4.90 Å². The Labute approximate surface area is 210 Å². The third kappa shape index (κ3) is 8.94. The summed E-state index contributed by atoms with van der Waals surface area (Å²) in [7, 11) is -4.24. The van der Waals surface area contributed by atoms with Crippen molar-refractivity contribution in [3.63, 3.8) is 0 Å². The summed E-state index contributed by atoms with van der Waals surface area (Å²) in [6, 6.07) is 10.2. The average molecular weight is 431 g/mol. The average Bonchev–Trinajstić information content (AvgIpc) is 2.62. The third-order valence-electron chi connectivity index (χ3n) is 4.44. The molecular formula is C21H27KO5S. The Morgan fingerprint density at radius 2 is 1.54 bits per heavy atom. The van der Waals surface area contributed by atoms with Gasteiger partial charge in [0.1, 0.15) is 11.5 Å². The maximum Gasteiger partial charge on any atom is 1.00 e. The summed E-state index contributed by atoms with van der Waals surface area (Å²) in [5, 5.41) is 11.7. The Balaban J connectivity index is 0.00000392. The van der Waals surface area contributed by atoms with E-state index >= 15 is 0 Å². The largest absolute Gasteiger partial charge is 1.00 e. The number of hydrogen-bond acceptors (Lipinski definition) is 4.